The van der Waals surface area contributed by atoms with E-state index in [1.54, 1.807) is 6.07 Å². The van der Waals surface area contributed by atoms with Crippen LogP contribution in [0.25, 0.3) is 0 Å². The molecule has 1 atom stereocenters. The maximum absolute atomic E-state index is 13.0. The monoisotopic (exact) mass is 270 g/mol. The van der Waals surface area contributed by atoms with E-state index >= 15 is 0 Å². The van der Waals surface area contributed by atoms with E-state index in [2.05, 4.69) is 5.32 Å². The first-order chi connectivity index (χ1) is 9.02. The van der Waals surface area contributed by atoms with E-state index in [0.29, 0.717) is 0 Å². The number of alkyl halides is 3. The highest BCUT2D eigenvalue weighted by atomic mass is 19.4. The van der Waals surface area contributed by atoms with Crippen LogP contribution in [0, 0.1) is 0 Å². The Bertz CT molecular complexity index is 446. The highest BCUT2D eigenvalue weighted by molar-refractivity contribution is 5.32. The van der Waals surface area contributed by atoms with E-state index in [1.165, 1.54) is 12.1 Å². The van der Waals surface area contributed by atoms with Crippen molar-refractivity contribution in [3.05, 3.63) is 47.5 Å². The van der Waals surface area contributed by atoms with Gasteiger partial charge in [-0.25, -0.2) is 0 Å². The minimum Gasteiger partial charge on any atom is -0.329 e. The van der Waals surface area contributed by atoms with E-state index in [1.807, 2.05) is 12.2 Å². The largest absolute Gasteiger partial charge is 0.416 e. The summed E-state index contributed by atoms with van der Waals surface area (Å²) in [6, 6.07) is 5.32. The van der Waals surface area contributed by atoms with Crippen LogP contribution in [0.3, 0.4) is 0 Å². The molecular formula is C14H17F3N2. The Labute approximate surface area is 110 Å². The van der Waals surface area contributed by atoms with Crippen molar-refractivity contribution in [1.29, 1.82) is 0 Å². The molecule has 0 radical (unpaired) electrons. The number of nitrogens with two attached hydrogens (primary N) is 1. The fourth-order valence-corrected chi connectivity index (χ4v) is 2.38. The Balaban J connectivity index is 2.22. The minimum absolute atomic E-state index is 0.142. The Morgan fingerprint density at radius 2 is 1.84 bits per heavy atom. The molecule has 1 unspecified atom stereocenters. The molecule has 2 rings (SSSR count). The zero-order valence-electron chi connectivity index (χ0n) is 10.5. The first-order valence-electron chi connectivity index (χ1n) is 6.29. The van der Waals surface area contributed by atoms with Crippen molar-refractivity contribution in [2.75, 3.05) is 6.54 Å². The molecule has 0 amide bonds. The van der Waals surface area contributed by atoms with Gasteiger partial charge in [-0.15, -0.1) is 0 Å². The molecule has 0 saturated heterocycles. The lowest BCUT2D eigenvalue weighted by atomic mass is 9.98. The van der Waals surface area contributed by atoms with E-state index in [-0.39, 0.29) is 18.2 Å². The number of hydrogen-bond acceptors (Lipinski definition) is 2. The highest BCUT2D eigenvalue weighted by Gasteiger charge is 2.35. The van der Waals surface area contributed by atoms with Crippen molar-refractivity contribution in [3.63, 3.8) is 0 Å². The van der Waals surface area contributed by atoms with Crippen LogP contribution in [0.2, 0.25) is 0 Å². The summed E-state index contributed by atoms with van der Waals surface area (Å²) >= 11 is 0. The number of nitrogens with one attached hydrogen (secondary N) is 1. The van der Waals surface area contributed by atoms with Gasteiger partial charge in [0.1, 0.15) is 0 Å². The lowest BCUT2D eigenvalue weighted by Gasteiger charge is -2.25. The molecule has 1 aromatic carbocycles. The Morgan fingerprint density at radius 1 is 1.21 bits per heavy atom. The van der Waals surface area contributed by atoms with Gasteiger partial charge in [-0.3, -0.25) is 0 Å². The van der Waals surface area contributed by atoms with Gasteiger partial charge in [0.15, 0.2) is 0 Å². The number of benzene rings is 1. The van der Waals surface area contributed by atoms with Gasteiger partial charge >= 0.3 is 6.18 Å². The molecule has 5 heteroatoms. The molecule has 0 saturated carbocycles. The fourth-order valence-electron chi connectivity index (χ4n) is 2.38. The molecule has 0 bridgehead atoms. The first kappa shape index (κ1) is 14.1. The van der Waals surface area contributed by atoms with Gasteiger partial charge in [0.2, 0.25) is 0 Å². The average Bonchev–Trinajstić information content (AvgIpc) is 2.88. The second-order valence-corrected chi connectivity index (χ2v) is 4.68. The molecule has 1 aromatic rings. The summed E-state index contributed by atoms with van der Waals surface area (Å²) < 4.78 is 38.9. The molecule has 0 fully saturated rings. The SMILES string of the molecule is NCC(NC1CC=CC1)c1ccccc1C(F)(F)F. The molecule has 104 valence electrons. The summed E-state index contributed by atoms with van der Waals surface area (Å²) in [5, 5.41) is 3.21. The lowest BCUT2D eigenvalue weighted by molar-refractivity contribution is -0.138. The van der Waals surface area contributed by atoms with Crippen LogP contribution in [-0.4, -0.2) is 12.6 Å². The van der Waals surface area contributed by atoms with Crippen LogP contribution < -0.4 is 11.1 Å². The lowest BCUT2D eigenvalue weighted by Crippen LogP contribution is -2.36. The van der Waals surface area contributed by atoms with Gasteiger partial charge in [-0.2, -0.15) is 13.2 Å². The Hall–Kier alpha value is -1.33. The summed E-state index contributed by atoms with van der Waals surface area (Å²) in [6.45, 7) is 0.142. The summed E-state index contributed by atoms with van der Waals surface area (Å²) in [5.41, 5.74) is 5.26. The quantitative estimate of drug-likeness (QED) is 0.825. The van der Waals surface area contributed by atoms with Crippen LogP contribution in [0.5, 0.6) is 0 Å². The summed E-state index contributed by atoms with van der Waals surface area (Å²) in [6.07, 6.45) is 1.39. The summed E-state index contributed by atoms with van der Waals surface area (Å²) in [4.78, 5) is 0. The number of rotatable bonds is 4. The van der Waals surface area contributed by atoms with Crippen LogP contribution in [0.15, 0.2) is 36.4 Å². The maximum Gasteiger partial charge on any atom is 0.416 e. The molecular weight excluding hydrogens is 253 g/mol. The molecule has 19 heavy (non-hydrogen) atoms. The van der Waals surface area contributed by atoms with E-state index in [0.717, 1.165) is 18.9 Å². The zero-order valence-corrected chi connectivity index (χ0v) is 10.5. The molecule has 3 N–H and O–H groups in total. The van der Waals surface area contributed by atoms with Gasteiger partial charge in [-0.05, 0) is 24.5 Å². The van der Waals surface area contributed by atoms with Gasteiger partial charge in [0, 0.05) is 18.6 Å². The van der Waals surface area contributed by atoms with Crippen molar-refractivity contribution in [3.8, 4) is 0 Å². The average molecular weight is 270 g/mol. The normalized spacial score (nSPS) is 17.9. The van der Waals surface area contributed by atoms with E-state index in [9.17, 15) is 13.2 Å². The number of hydrogen-bond donors (Lipinski definition) is 2. The molecule has 1 aliphatic rings. The molecule has 0 aromatic heterocycles. The van der Waals surface area contributed by atoms with Crippen LogP contribution in [0.1, 0.15) is 30.0 Å². The van der Waals surface area contributed by atoms with Crippen LogP contribution >= 0.6 is 0 Å². The topological polar surface area (TPSA) is 38.0 Å². The Kier molecular flexibility index (Phi) is 4.27. The van der Waals surface area contributed by atoms with Gasteiger partial charge in [0.25, 0.3) is 0 Å². The van der Waals surface area contributed by atoms with Crippen LogP contribution in [-0.2, 0) is 6.18 Å². The third-order valence-corrected chi connectivity index (χ3v) is 3.32. The van der Waals surface area contributed by atoms with Crippen molar-refractivity contribution in [2.45, 2.75) is 31.1 Å². The predicted octanol–water partition coefficient (Wildman–Crippen LogP) is 3.01. The zero-order chi connectivity index (χ0) is 13.9. The molecule has 2 nitrogen and oxygen atoms in total. The third kappa shape index (κ3) is 3.36. The predicted molar refractivity (Wildman–Crippen MR) is 68.5 cm³/mol. The van der Waals surface area contributed by atoms with Gasteiger partial charge in [-0.1, -0.05) is 30.4 Å². The van der Waals surface area contributed by atoms with Crippen molar-refractivity contribution in [1.82, 2.24) is 5.32 Å². The molecule has 0 aliphatic heterocycles. The molecule has 0 spiro atoms. The Morgan fingerprint density at radius 3 is 2.42 bits per heavy atom. The molecule has 1 aliphatic carbocycles. The van der Waals surface area contributed by atoms with Crippen molar-refractivity contribution >= 4 is 0 Å². The van der Waals surface area contributed by atoms with E-state index in [4.69, 9.17) is 5.73 Å². The maximum atomic E-state index is 13.0. The smallest absolute Gasteiger partial charge is 0.329 e. The van der Waals surface area contributed by atoms with Crippen LogP contribution in [0.4, 0.5) is 13.2 Å². The minimum atomic E-state index is -4.35. The van der Waals surface area contributed by atoms with Crippen molar-refractivity contribution in [2.24, 2.45) is 5.73 Å². The van der Waals surface area contributed by atoms with Crippen molar-refractivity contribution < 1.29 is 13.2 Å². The number of halogens is 3. The van der Waals surface area contributed by atoms with E-state index < -0.39 is 17.8 Å². The highest BCUT2D eigenvalue weighted by Crippen LogP contribution is 2.34. The second kappa shape index (κ2) is 5.75. The summed E-state index contributed by atoms with van der Waals surface area (Å²) in [5.74, 6) is 0. The molecule has 0 heterocycles. The first-order valence-corrected chi connectivity index (χ1v) is 6.29. The second-order valence-electron chi connectivity index (χ2n) is 4.68. The van der Waals surface area contributed by atoms with Gasteiger partial charge in [0.05, 0.1) is 5.56 Å². The summed E-state index contributed by atoms with van der Waals surface area (Å²) in [7, 11) is 0. The third-order valence-electron chi connectivity index (χ3n) is 3.32. The fraction of sp³-hybridized carbons (Fsp3) is 0.429. The van der Waals surface area contributed by atoms with Gasteiger partial charge < -0.3 is 11.1 Å². The standard InChI is InChI=1S/C14H17F3N2/c15-14(16,17)12-8-4-3-7-11(12)13(9-18)19-10-5-1-2-6-10/h1-4,7-8,10,13,19H,5-6,9,18H2.